The van der Waals surface area contributed by atoms with Crippen LogP contribution in [0.1, 0.15) is 13.3 Å². The second-order valence-corrected chi connectivity index (χ2v) is 2.75. The quantitative estimate of drug-likeness (QED) is 0.665. The van der Waals surface area contributed by atoms with Crippen LogP contribution in [0, 0.1) is 0 Å². The molecule has 0 saturated carbocycles. The summed E-state index contributed by atoms with van der Waals surface area (Å²) >= 11 is 0. The molecular formula is C7H10F2N2O2. The Labute approximate surface area is 73.9 Å². The molecule has 1 aliphatic heterocycles. The lowest BCUT2D eigenvalue weighted by atomic mass is 10.2. The standard InChI is InChI=1S/C7H10F2N2O2/c1-2-4-6(12)11(3-5(8)9)7(13)10-4/h4-5H,2-3H2,1H3,(H,10,13)/t4-/m0/s1. The Balaban J connectivity index is 2.65. The molecule has 1 fully saturated rings. The summed E-state index contributed by atoms with van der Waals surface area (Å²) in [6.07, 6.45) is -2.25. The van der Waals surface area contributed by atoms with Gasteiger partial charge in [0.05, 0.1) is 6.54 Å². The van der Waals surface area contributed by atoms with Gasteiger partial charge in [0.25, 0.3) is 12.3 Å². The van der Waals surface area contributed by atoms with Gasteiger partial charge in [-0.3, -0.25) is 9.69 Å². The highest BCUT2D eigenvalue weighted by atomic mass is 19.3. The first-order valence-electron chi connectivity index (χ1n) is 3.96. The zero-order chi connectivity index (χ0) is 10.0. The topological polar surface area (TPSA) is 49.4 Å². The van der Waals surface area contributed by atoms with Gasteiger partial charge in [0.2, 0.25) is 0 Å². The molecule has 0 aromatic rings. The van der Waals surface area contributed by atoms with Crippen molar-refractivity contribution in [1.29, 1.82) is 0 Å². The number of amides is 3. The Bertz CT molecular complexity index is 233. The molecule has 6 heteroatoms. The van der Waals surface area contributed by atoms with Crippen molar-refractivity contribution >= 4 is 11.9 Å². The number of nitrogens with zero attached hydrogens (tertiary/aromatic N) is 1. The van der Waals surface area contributed by atoms with Gasteiger partial charge in [-0.25, -0.2) is 13.6 Å². The monoisotopic (exact) mass is 192 g/mol. The van der Waals surface area contributed by atoms with Crippen molar-refractivity contribution in [2.75, 3.05) is 6.54 Å². The van der Waals surface area contributed by atoms with E-state index < -0.39 is 31.0 Å². The van der Waals surface area contributed by atoms with E-state index in [0.717, 1.165) is 0 Å². The van der Waals surface area contributed by atoms with Crippen LogP contribution in [0.25, 0.3) is 0 Å². The number of carbonyl (C=O) groups excluding carboxylic acids is 2. The van der Waals surface area contributed by atoms with Crippen molar-refractivity contribution in [3.63, 3.8) is 0 Å². The number of imide groups is 1. The molecule has 3 amide bonds. The molecule has 0 radical (unpaired) electrons. The molecule has 1 heterocycles. The Morgan fingerprint density at radius 3 is 2.54 bits per heavy atom. The summed E-state index contributed by atoms with van der Waals surface area (Å²) in [6.45, 7) is 0.885. The number of halogens is 2. The predicted octanol–water partition coefficient (Wildman–Crippen LogP) is 0.582. The maximum absolute atomic E-state index is 11.9. The van der Waals surface area contributed by atoms with E-state index in [1.807, 2.05) is 0 Å². The number of rotatable bonds is 3. The van der Waals surface area contributed by atoms with Crippen LogP contribution < -0.4 is 5.32 Å². The summed E-state index contributed by atoms with van der Waals surface area (Å²) in [7, 11) is 0. The molecule has 0 aliphatic carbocycles. The van der Waals surface area contributed by atoms with Gasteiger partial charge >= 0.3 is 6.03 Å². The zero-order valence-corrected chi connectivity index (χ0v) is 7.09. The van der Waals surface area contributed by atoms with E-state index in [1.165, 1.54) is 0 Å². The van der Waals surface area contributed by atoms with E-state index in [1.54, 1.807) is 6.92 Å². The maximum Gasteiger partial charge on any atom is 0.324 e. The first-order chi connectivity index (χ1) is 6.06. The molecule has 1 atom stereocenters. The Kier molecular flexibility index (Phi) is 2.79. The number of hydrogen-bond acceptors (Lipinski definition) is 2. The fourth-order valence-electron chi connectivity index (χ4n) is 1.16. The number of hydrogen-bond donors (Lipinski definition) is 1. The third-order valence-corrected chi connectivity index (χ3v) is 1.84. The van der Waals surface area contributed by atoms with Crippen LogP contribution in [0.2, 0.25) is 0 Å². The van der Waals surface area contributed by atoms with Gasteiger partial charge in [-0.1, -0.05) is 6.92 Å². The Hall–Kier alpha value is -1.20. The van der Waals surface area contributed by atoms with E-state index in [-0.39, 0.29) is 0 Å². The molecule has 1 aliphatic rings. The molecule has 1 N–H and O–H groups in total. The largest absolute Gasteiger partial charge is 0.326 e. The smallest absolute Gasteiger partial charge is 0.324 e. The minimum absolute atomic E-state index is 0.421. The van der Waals surface area contributed by atoms with Crippen molar-refractivity contribution in [3.05, 3.63) is 0 Å². The molecule has 1 saturated heterocycles. The summed E-state index contributed by atoms with van der Waals surface area (Å²) < 4.78 is 23.8. The van der Waals surface area contributed by atoms with Gasteiger partial charge in [-0.15, -0.1) is 0 Å². The van der Waals surface area contributed by atoms with Crippen LogP contribution in [0.3, 0.4) is 0 Å². The molecular weight excluding hydrogens is 182 g/mol. The number of alkyl halides is 2. The average Bonchev–Trinajstić information content (AvgIpc) is 2.31. The van der Waals surface area contributed by atoms with Gasteiger partial charge in [0.1, 0.15) is 6.04 Å². The summed E-state index contributed by atoms with van der Waals surface area (Å²) in [5, 5.41) is 2.31. The third-order valence-electron chi connectivity index (χ3n) is 1.84. The van der Waals surface area contributed by atoms with Gasteiger partial charge in [-0.05, 0) is 6.42 Å². The molecule has 0 bridgehead atoms. The van der Waals surface area contributed by atoms with Crippen molar-refractivity contribution in [2.24, 2.45) is 0 Å². The minimum Gasteiger partial charge on any atom is -0.326 e. The Morgan fingerprint density at radius 2 is 2.15 bits per heavy atom. The van der Waals surface area contributed by atoms with Gasteiger partial charge in [-0.2, -0.15) is 0 Å². The lowest BCUT2D eigenvalue weighted by Gasteiger charge is -2.10. The highest BCUT2D eigenvalue weighted by Crippen LogP contribution is 2.10. The third kappa shape index (κ3) is 1.93. The highest BCUT2D eigenvalue weighted by Gasteiger charge is 2.37. The molecule has 13 heavy (non-hydrogen) atoms. The molecule has 0 aromatic heterocycles. The summed E-state index contributed by atoms with van der Waals surface area (Å²) in [5.74, 6) is -0.562. The predicted molar refractivity (Wildman–Crippen MR) is 40.3 cm³/mol. The van der Waals surface area contributed by atoms with Crippen molar-refractivity contribution in [1.82, 2.24) is 10.2 Å². The normalized spacial score (nSPS) is 22.8. The molecule has 0 aromatic carbocycles. The number of urea groups is 1. The van der Waals surface area contributed by atoms with Crippen molar-refractivity contribution < 1.29 is 18.4 Å². The van der Waals surface area contributed by atoms with E-state index in [2.05, 4.69) is 5.32 Å². The van der Waals surface area contributed by atoms with Gasteiger partial charge in [0, 0.05) is 0 Å². The highest BCUT2D eigenvalue weighted by molar-refractivity contribution is 6.04. The van der Waals surface area contributed by atoms with E-state index in [4.69, 9.17) is 0 Å². The van der Waals surface area contributed by atoms with Gasteiger partial charge in [0.15, 0.2) is 0 Å². The lowest BCUT2D eigenvalue weighted by Crippen LogP contribution is -2.35. The number of carbonyl (C=O) groups is 2. The van der Waals surface area contributed by atoms with Crippen molar-refractivity contribution in [3.8, 4) is 0 Å². The van der Waals surface area contributed by atoms with Crippen LogP contribution in [0.15, 0.2) is 0 Å². The molecule has 0 unspecified atom stereocenters. The summed E-state index contributed by atoms with van der Waals surface area (Å²) in [5.41, 5.74) is 0. The van der Waals surface area contributed by atoms with Gasteiger partial charge < -0.3 is 5.32 Å². The molecule has 74 valence electrons. The first kappa shape index (κ1) is 9.88. The fourth-order valence-corrected chi connectivity index (χ4v) is 1.16. The molecule has 0 spiro atoms. The van der Waals surface area contributed by atoms with E-state index >= 15 is 0 Å². The van der Waals surface area contributed by atoms with Crippen molar-refractivity contribution in [2.45, 2.75) is 25.8 Å². The van der Waals surface area contributed by atoms with Crippen LogP contribution in [0.5, 0.6) is 0 Å². The van der Waals surface area contributed by atoms with Crippen LogP contribution in [-0.4, -0.2) is 35.9 Å². The van der Waals surface area contributed by atoms with E-state index in [9.17, 15) is 18.4 Å². The first-order valence-corrected chi connectivity index (χ1v) is 3.96. The van der Waals surface area contributed by atoms with Crippen LogP contribution in [0.4, 0.5) is 13.6 Å². The maximum atomic E-state index is 11.9. The van der Waals surface area contributed by atoms with E-state index in [0.29, 0.717) is 11.3 Å². The second kappa shape index (κ2) is 3.68. The lowest BCUT2D eigenvalue weighted by molar-refractivity contribution is -0.128. The van der Waals surface area contributed by atoms with Crippen LogP contribution >= 0.6 is 0 Å². The molecule has 4 nitrogen and oxygen atoms in total. The number of nitrogens with one attached hydrogen (secondary N) is 1. The SMILES string of the molecule is CC[C@@H]1NC(=O)N(CC(F)F)C1=O. The second-order valence-electron chi connectivity index (χ2n) is 2.75. The zero-order valence-electron chi connectivity index (χ0n) is 7.09. The molecule has 1 rings (SSSR count). The van der Waals surface area contributed by atoms with Crippen LogP contribution in [-0.2, 0) is 4.79 Å². The average molecular weight is 192 g/mol. The minimum atomic E-state index is -2.68. The summed E-state index contributed by atoms with van der Waals surface area (Å²) in [6, 6.07) is -1.36. The fraction of sp³-hybridized carbons (Fsp3) is 0.714. The Morgan fingerprint density at radius 1 is 1.54 bits per heavy atom. The summed E-state index contributed by atoms with van der Waals surface area (Å²) in [4.78, 5) is 22.7.